The lowest BCUT2D eigenvalue weighted by Crippen LogP contribution is -2.56. The summed E-state index contributed by atoms with van der Waals surface area (Å²) in [6.45, 7) is 7.28. The van der Waals surface area contributed by atoms with Crippen molar-refractivity contribution in [2.45, 2.75) is 90.6 Å². The highest BCUT2D eigenvalue weighted by molar-refractivity contribution is 8.00. The van der Waals surface area contributed by atoms with Gasteiger partial charge in [0.1, 0.15) is 0 Å². The molecule has 0 aliphatic heterocycles. The van der Waals surface area contributed by atoms with Crippen LogP contribution in [0.25, 0.3) is 0 Å². The summed E-state index contributed by atoms with van der Waals surface area (Å²) < 4.78 is 5.06. The quantitative estimate of drug-likeness (QED) is 0.615. The van der Waals surface area contributed by atoms with Crippen LogP contribution in [0.5, 0.6) is 0 Å². The van der Waals surface area contributed by atoms with Crippen molar-refractivity contribution in [3.63, 3.8) is 0 Å². The molecular formula is C24H40O3S. The second kappa shape index (κ2) is 7.80. The Morgan fingerprint density at radius 1 is 1.04 bits per heavy atom. The number of carbonyl (C=O) groups is 1. The average molecular weight is 409 g/mol. The topological polar surface area (TPSA) is 46.5 Å². The summed E-state index contributed by atoms with van der Waals surface area (Å²) >= 11 is 1.57. The molecule has 4 saturated carbocycles. The lowest BCUT2D eigenvalue weighted by Gasteiger charge is -2.61. The minimum Gasteiger partial charge on any atom is -0.465 e. The Balaban J connectivity index is 1.46. The van der Waals surface area contributed by atoms with Gasteiger partial charge in [-0.1, -0.05) is 26.7 Å². The first kappa shape index (κ1) is 21.0. The molecule has 28 heavy (non-hydrogen) atoms. The highest BCUT2D eigenvalue weighted by atomic mass is 32.2. The molecule has 7 atom stereocenters. The number of fused-ring (bicyclic) bond motifs is 5. The van der Waals surface area contributed by atoms with Crippen LogP contribution in [-0.4, -0.2) is 34.8 Å². The molecule has 3 unspecified atom stereocenters. The molecule has 4 fully saturated rings. The van der Waals surface area contributed by atoms with Crippen LogP contribution in [0, 0.1) is 34.5 Å². The molecule has 0 heterocycles. The summed E-state index contributed by atoms with van der Waals surface area (Å²) in [5.74, 6) is 4.19. The monoisotopic (exact) mass is 408 g/mol. The van der Waals surface area contributed by atoms with Gasteiger partial charge in [0, 0.05) is 11.2 Å². The molecule has 0 radical (unpaired) electrons. The minimum atomic E-state index is -0.621. The van der Waals surface area contributed by atoms with Crippen molar-refractivity contribution in [2.75, 3.05) is 18.1 Å². The Kier molecular flexibility index (Phi) is 5.86. The molecule has 4 aliphatic carbocycles. The standard InChI is InChI=1S/C24H40O3S/c1-4-27-21(25)15-28-16-24(26)14-11-20-18-9-8-17-7-5-6-12-22(17,2)19(18)10-13-23(20,24)3/h17-20,26H,4-16H2,1-3H3/t17-,18?,19?,20?,22-,23-,24-/m0/s1. The normalized spacial score (nSPS) is 47.7. The number of hydrogen-bond donors (Lipinski definition) is 1. The van der Waals surface area contributed by atoms with Crippen LogP contribution in [0.4, 0.5) is 0 Å². The maximum atomic E-state index is 11.7. The smallest absolute Gasteiger partial charge is 0.315 e. The third kappa shape index (κ3) is 3.25. The summed E-state index contributed by atoms with van der Waals surface area (Å²) in [6.07, 6.45) is 13.1. The van der Waals surface area contributed by atoms with E-state index in [9.17, 15) is 9.90 Å². The van der Waals surface area contributed by atoms with Gasteiger partial charge in [-0.3, -0.25) is 4.79 Å². The zero-order valence-corrected chi connectivity index (χ0v) is 19.0. The number of hydrogen-bond acceptors (Lipinski definition) is 4. The van der Waals surface area contributed by atoms with Crippen LogP contribution in [0.2, 0.25) is 0 Å². The minimum absolute atomic E-state index is 0.0215. The highest BCUT2D eigenvalue weighted by Crippen LogP contribution is 2.68. The van der Waals surface area contributed by atoms with E-state index in [1.165, 1.54) is 51.4 Å². The van der Waals surface area contributed by atoms with Gasteiger partial charge in [-0.15, -0.1) is 11.8 Å². The molecule has 1 N–H and O–H groups in total. The summed E-state index contributed by atoms with van der Waals surface area (Å²) in [4.78, 5) is 11.7. The van der Waals surface area contributed by atoms with E-state index in [0.29, 0.717) is 29.4 Å². The number of rotatable bonds is 5. The second-order valence-corrected chi connectivity index (χ2v) is 11.7. The first-order chi connectivity index (χ1) is 13.3. The number of carbonyl (C=O) groups excluding carboxylic acids is 1. The number of aliphatic hydroxyl groups is 1. The molecule has 0 bridgehead atoms. The van der Waals surface area contributed by atoms with Crippen molar-refractivity contribution in [3.05, 3.63) is 0 Å². The lowest BCUT2D eigenvalue weighted by molar-refractivity contribution is -0.144. The Morgan fingerprint density at radius 3 is 2.61 bits per heavy atom. The molecule has 0 aromatic heterocycles. The van der Waals surface area contributed by atoms with E-state index in [-0.39, 0.29) is 11.4 Å². The molecule has 3 nitrogen and oxygen atoms in total. The molecule has 0 amide bonds. The molecule has 160 valence electrons. The average Bonchev–Trinajstić information content (AvgIpc) is 2.93. The van der Waals surface area contributed by atoms with E-state index in [4.69, 9.17) is 4.74 Å². The van der Waals surface area contributed by atoms with Crippen LogP contribution >= 0.6 is 11.8 Å². The molecule has 0 saturated heterocycles. The van der Waals surface area contributed by atoms with Crippen LogP contribution in [0.15, 0.2) is 0 Å². The van der Waals surface area contributed by atoms with E-state index < -0.39 is 5.60 Å². The Morgan fingerprint density at radius 2 is 1.82 bits per heavy atom. The van der Waals surface area contributed by atoms with E-state index in [1.54, 1.807) is 11.8 Å². The summed E-state index contributed by atoms with van der Waals surface area (Å²) in [6, 6.07) is 0. The maximum absolute atomic E-state index is 11.7. The van der Waals surface area contributed by atoms with E-state index in [0.717, 1.165) is 30.6 Å². The predicted octanol–water partition coefficient (Wildman–Crippen LogP) is 5.45. The first-order valence-corrected chi connectivity index (χ1v) is 13.0. The summed E-state index contributed by atoms with van der Waals surface area (Å²) in [5, 5.41) is 11.7. The van der Waals surface area contributed by atoms with Crippen molar-refractivity contribution < 1.29 is 14.6 Å². The van der Waals surface area contributed by atoms with Gasteiger partial charge >= 0.3 is 5.97 Å². The van der Waals surface area contributed by atoms with Gasteiger partial charge in [-0.05, 0) is 87.4 Å². The fraction of sp³-hybridized carbons (Fsp3) is 0.958. The van der Waals surface area contributed by atoms with E-state index >= 15 is 0 Å². The van der Waals surface area contributed by atoms with E-state index in [1.807, 2.05) is 6.92 Å². The van der Waals surface area contributed by atoms with Gasteiger partial charge in [-0.25, -0.2) is 0 Å². The largest absolute Gasteiger partial charge is 0.465 e. The molecule has 0 aromatic rings. The molecular weight excluding hydrogens is 368 g/mol. The molecule has 4 rings (SSSR count). The van der Waals surface area contributed by atoms with Gasteiger partial charge in [0.15, 0.2) is 0 Å². The van der Waals surface area contributed by atoms with Crippen molar-refractivity contribution in [3.8, 4) is 0 Å². The second-order valence-electron chi connectivity index (χ2n) is 10.7. The Bertz CT molecular complexity index is 594. The third-order valence-electron chi connectivity index (χ3n) is 9.77. The van der Waals surface area contributed by atoms with Crippen molar-refractivity contribution in [2.24, 2.45) is 34.5 Å². The summed E-state index contributed by atoms with van der Waals surface area (Å²) in [5.41, 5.74) is -0.0420. The van der Waals surface area contributed by atoms with Crippen LogP contribution in [0.3, 0.4) is 0 Å². The molecule has 4 heteroatoms. The summed E-state index contributed by atoms with van der Waals surface area (Å²) in [7, 11) is 0. The Hall–Kier alpha value is -0.220. The fourth-order valence-corrected chi connectivity index (χ4v) is 9.31. The van der Waals surface area contributed by atoms with Crippen molar-refractivity contribution in [1.29, 1.82) is 0 Å². The van der Waals surface area contributed by atoms with Crippen LogP contribution in [-0.2, 0) is 9.53 Å². The van der Waals surface area contributed by atoms with Gasteiger partial charge < -0.3 is 9.84 Å². The number of thioether (sulfide) groups is 1. The van der Waals surface area contributed by atoms with Crippen LogP contribution < -0.4 is 0 Å². The van der Waals surface area contributed by atoms with Gasteiger partial charge in [0.2, 0.25) is 0 Å². The SMILES string of the molecule is CCOC(=O)CSC[C@@]1(O)CCC2C3CC[C@@H]4CCCC[C@]4(C)C3CC[C@@]21C. The third-order valence-corrected chi connectivity index (χ3v) is 10.9. The molecule has 4 aliphatic rings. The zero-order valence-electron chi connectivity index (χ0n) is 18.2. The van der Waals surface area contributed by atoms with Crippen LogP contribution in [0.1, 0.15) is 85.0 Å². The highest BCUT2D eigenvalue weighted by Gasteiger charge is 2.64. The first-order valence-electron chi connectivity index (χ1n) is 11.8. The number of esters is 1. The molecule has 0 aromatic carbocycles. The lowest BCUT2D eigenvalue weighted by atomic mass is 9.44. The predicted molar refractivity (Wildman–Crippen MR) is 115 cm³/mol. The van der Waals surface area contributed by atoms with Crippen molar-refractivity contribution >= 4 is 17.7 Å². The number of ether oxygens (including phenoxy) is 1. The van der Waals surface area contributed by atoms with E-state index in [2.05, 4.69) is 13.8 Å². The Labute approximate surface area is 175 Å². The van der Waals surface area contributed by atoms with Gasteiger partial charge in [0.05, 0.1) is 18.0 Å². The fourth-order valence-electron chi connectivity index (χ4n) is 8.15. The van der Waals surface area contributed by atoms with Crippen molar-refractivity contribution in [1.82, 2.24) is 0 Å². The maximum Gasteiger partial charge on any atom is 0.315 e. The zero-order chi connectivity index (χ0) is 20.0. The molecule has 0 spiro atoms. The van der Waals surface area contributed by atoms with Gasteiger partial charge in [0.25, 0.3) is 0 Å². The van der Waals surface area contributed by atoms with Gasteiger partial charge in [-0.2, -0.15) is 0 Å².